The minimum Gasteiger partial charge on any atom is -0.493 e. The lowest BCUT2D eigenvalue weighted by Crippen LogP contribution is -2.38. The second-order valence-corrected chi connectivity index (χ2v) is 7.13. The first kappa shape index (κ1) is 23.6. The van der Waals surface area contributed by atoms with Gasteiger partial charge in [0.15, 0.2) is 17.5 Å². The van der Waals surface area contributed by atoms with Crippen LogP contribution < -0.4 is 20.1 Å². The zero-order chi connectivity index (χ0) is 20.9. The number of methoxy groups -OCH3 is 1. The van der Waals surface area contributed by atoms with Crippen molar-refractivity contribution in [2.45, 2.75) is 45.8 Å². The number of benzene rings is 1. The quantitative estimate of drug-likeness (QED) is 0.302. The predicted molar refractivity (Wildman–Crippen MR) is 116 cm³/mol. The molecule has 0 radical (unpaired) electrons. The van der Waals surface area contributed by atoms with Gasteiger partial charge in [-0.25, -0.2) is 4.99 Å². The molecule has 1 heterocycles. The van der Waals surface area contributed by atoms with Gasteiger partial charge in [-0.2, -0.15) is 0 Å². The van der Waals surface area contributed by atoms with E-state index < -0.39 is 0 Å². The Balaban J connectivity index is 1.80. The molecule has 1 aliphatic heterocycles. The Morgan fingerprint density at radius 2 is 2.17 bits per heavy atom. The van der Waals surface area contributed by atoms with Crippen molar-refractivity contribution in [2.75, 3.05) is 46.6 Å². The van der Waals surface area contributed by atoms with Crippen LogP contribution in [0.25, 0.3) is 0 Å². The zero-order valence-electron chi connectivity index (χ0n) is 17.8. The van der Waals surface area contributed by atoms with Crippen molar-refractivity contribution in [1.82, 2.24) is 10.6 Å². The second kappa shape index (κ2) is 13.5. The topological polar surface area (TPSA) is 73.3 Å². The molecule has 1 aromatic carbocycles. The van der Waals surface area contributed by atoms with Gasteiger partial charge in [0.25, 0.3) is 0 Å². The summed E-state index contributed by atoms with van der Waals surface area (Å²) in [6, 6.07) is 3.77. The van der Waals surface area contributed by atoms with Crippen molar-refractivity contribution in [1.29, 1.82) is 0 Å². The molecule has 2 rings (SSSR count). The number of halogens is 1. The van der Waals surface area contributed by atoms with Crippen molar-refractivity contribution in [3.05, 3.63) is 22.7 Å². The average molecular weight is 428 g/mol. The number of ether oxygens (including phenoxy) is 4. The predicted octanol–water partition coefficient (Wildman–Crippen LogP) is 3.39. The van der Waals surface area contributed by atoms with Gasteiger partial charge in [0, 0.05) is 26.3 Å². The Hall–Kier alpha value is -1.70. The van der Waals surface area contributed by atoms with Crippen LogP contribution in [0.2, 0.25) is 5.02 Å². The molecule has 0 bridgehead atoms. The van der Waals surface area contributed by atoms with E-state index in [2.05, 4.69) is 15.6 Å². The molecule has 7 nitrogen and oxygen atoms in total. The Bertz CT molecular complexity index is 637. The number of hydrogen-bond acceptors (Lipinski definition) is 5. The molecule has 8 heteroatoms. The number of aliphatic imine (C=N–C) groups is 1. The Morgan fingerprint density at radius 3 is 2.86 bits per heavy atom. The Kier molecular flexibility index (Phi) is 11.0. The van der Waals surface area contributed by atoms with Crippen LogP contribution >= 0.6 is 11.6 Å². The molecule has 1 aromatic rings. The van der Waals surface area contributed by atoms with Crippen LogP contribution in [0, 0.1) is 0 Å². The fraction of sp³-hybridized carbons (Fsp3) is 0.667. The average Bonchev–Trinajstić information content (AvgIpc) is 3.23. The maximum absolute atomic E-state index is 6.34. The van der Waals surface area contributed by atoms with Gasteiger partial charge >= 0.3 is 0 Å². The van der Waals surface area contributed by atoms with Crippen LogP contribution in [0.3, 0.4) is 0 Å². The molecule has 0 saturated carbocycles. The summed E-state index contributed by atoms with van der Waals surface area (Å²) in [5, 5.41) is 7.11. The Labute approximate surface area is 179 Å². The van der Waals surface area contributed by atoms with Crippen molar-refractivity contribution in [3.63, 3.8) is 0 Å². The molecule has 2 N–H and O–H groups in total. The van der Waals surface area contributed by atoms with Crippen molar-refractivity contribution < 1.29 is 18.9 Å². The van der Waals surface area contributed by atoms with E-state index in [1.54, 1.807) is 7.11 Å². The van der Waals surface area contributed by atoms with Gasteiger partial charge in [0.1, 0.15) is 0 Å². The maximum atomic E-state index is 6.34. The molecule has 1 aliphatic rings. The Morgan fingerprint density at radius 1 is 1.31 bits per heavy atom. The third kappa shape index (κ3) is 8.28. The lowest BCUT2D eigenvalue weighted by molar-refractivity contribution is 0.0168. The smallest absolute Gasteiger partial charge is 0.191 e. The molecule has 164 valence electrons. The summed E-state index contributed by atoms with van der Waals surface area (Å²) < 4.78 is 22.2. The number of nitrogens with zero attached hydrogens (tertiary/aromatic N) is 1. The van der Waals surface area contributed by atoms with E-state index in [4.69, 9.17) is 30.5 Å². The van der Waals surface area contributed by atoms with E-state index in [1.807, 2.05) is 26.0 Å². The molecule has 1 saturated heterocycles. The molecule has 0 spiro atoms. The van der Waals surface area contributed by atoms with Crippen molar-refractivity contribution >= 4 is 17.6 Å². The normalized spacial score (nSPS) is 16.7. The van der Waals surface area contributed by atoms with E-state index in [0.29, 0.717) is 42.9 Å². The van der Waals surface area contributed by atoms with Crippen LogP contribution in [-0.2, 0) is 16.0 Å². The fourth-order valence-electron chi connectivity index (χ4n) is 3.03. The maximum Gasteiger partial charge on any atom is 0.191 e. The minimum atomic E-state index is 0.278. The molecule has 0 aliphatic carbocycles. The van der Waals surface area contributed by atoms with Crippen LogP contribution in [-0.4, -0.2) is 58.7 Å². The van der Waals surface area contributed by atoms with E-state index in [1.165, 1.54) is 0 Å². The monoisotopic (exact) mass is 427 g/mol. The fourth-order valence-corrected chi connectivity index (χ4v) is 3.32. The summed E-state index contributed by atoms with van der Waals surface area (Å²) in [5.74, 6) is 1.94. The highest BCUT2D eigenvalue weighted by molar-refractivity contribution is 6.32. The summed E-state index contributed by atoms with van der Waals surface area (Å²) in [6.45, 7) is 8.79. The first-order chi connectivity index (χ1) is 14.2. The van der Waals surface area contributed by atoms with Crippen LogP contribution in [0.1, 0.15) is 38.7 Å². The van der Waals surface area contributed by atoms with E-state index >= 15 is 0 Å². The number of guanidine groups is 1. The van der Waals surface area contributed by atoms with E-state index in [-0.39, 0.29) is 6.10 Å². The molecule has 1 unspecified atom stereocenters. The summed E-state index contributed by atoms with van der Waals surface area (Å²) in [5.41, 5.74) is 0.951. The summed E-state index contributed by atoms with van der Waals surface area (Å²) in [4.78, 5) is 4.64. The lowest BCUT2D eigenvalue weighted by atomic mass is 10.2. The highest BCUT2D eigenvalue weighted by Crippen LogP contribution is 2.36. The van der Waals surface area contributed by atoms with Crippen LogP contribution in [0.15, 0.2) is 17.1 Å². The lowest BCUT2D eigenvalue weighted by Gasteiger charge is -2.14. The van der Waals surface area contributed by atoms with Gasteiger partial charge in [0.05, 0.1) is 38.0 Å². The highest BCUT2D eigenvalue weighted by Gasteiger charge is 2.15. The number of rotatable bonds is 12. The summed E-state index contributed by atoms with van der Waals surface area (Å²) >= 11 is 6.34. The molecular weight excluding hydrogens is 394 g/mol. The molecule has 1 fully saturated rings. The highest BCUT2D eigenvalue weighted by atomic mass is 35.5. The van der Waals surface area contributed by atoms with Crippen molar-refractivity contribution in [2.24, 2.45) is 4.99 Å². The van der Waals surface area contributed by atoms with Gasteiger partial charge in [-0.05, 0) is 50.8 Å². The SMILES string of the molecule is CCNC(=NCc1cc(Cl)c(OCC)c(OC)c1)NCCCOCC1CCCO1. The molecule has 29 heavy (non-hydrogen) atoms. The third-order valence-corrected chi connectivity index (χ3v) is 4.71. The third-order valence-electron chi connectivity index (χ3n) is 4.43. The van der Waals surface area contributed by atoms with Crippen LogP contribution in [0.4, 0.5) is 0 Å². The van der Waals surface area contributed by atoms with Gasteiger partial charge in [-0.1, -0.05) is 11.6 Å². The second-order valence-electron chi connectivity index (χ2n) is 6.73. The van der Waals surface area contributed by atoms with E-state index in [0.717, 1.165) is 50.5 Å². The summed E-state index contributed by atoms with van der Waals surface area (Å²) in [6.07, 6.45) is 3.43. The number of hydrogen-bond donors (Lipinski definition) is 2. The first-order valence-corrected chi connectivity index (χ1v) is 10.8. The van der Waals surface area contributed by atoms with Gasteiger partial charge in [-0.3, -0.25) is 0 Å². The van der Waals surface area contributed by atoms with Crippen molar-refractivity contribution in [3.8, 4) is 11.5 Å². The first-order valence-electron chi connectivity index (χ1n) is 10.4. The summed E-state index contributed by atoms with van der Waals surface area (Å²) in [7, 11) is 1.60. The van der Waals surface area contributed by atoms with Gasteiger partial charge < -0.3 is 29.6 Å². The van der Waals surface area contributed by atoms with E-state index in [9.17, 15) is 0 Å². The van der Waals surface area contributed by atoms with Crippen LogP contribution in [0.5, 0.6) is 11.5 Å². The van der Waals surface area contributed by atoms with Gasteiger partial charge in [0.2, 0.25) is 0 Å². The minimum absolute atomic E-state index is 0.278. The zero-order valence-corrected chi connectivity index (χ0v) is 18.5. The molecule has 0 amide bonds. The number of nitrogens with one attached hydrogen (secondary N) is 2. The molecule has 0 aromatic heterocycles. The standard InChI is InChI=1S/C21H34ClN3O4/c1-4-23-21(24-9-7-10-27-15-17-8-6-11-29-17)25-14-16-12-18(22)20(28-5-2)19(13-16)26-3/h12-13,17H,4-11,14-15H2,1-3H3,(H2,23,24,25). The largest absolute Gasteiger partial charge is 0.493 e. The molecule has 1 atom stereocenters. The molecular formula is C21H34ClN3O4. The van der Waals surface area contributed by atoms with Gasteiger partial charge in [-0.15, -0.1) is 0 Å².